The monoisotopic (exact) mass is 445 g/mol. The zero-order valence-electron chi connectivity index (χ0n) is 17.7. The Bertz CT molecular complexity index is 1270. The van der Waals surface area contributed by atoms with E-state index in [4.69, 9.17) is 14.8 Å². The molecule has 4 rings (SSSR count). The average molecular weight is 446 g/mol. The summed E-state index contributed by atoms with van der Waals surface area (Å²) in [4.78, 5) is 16.5. The van der Waals surface area contributed by atoms with Gasteiger partial charge < -0.3 is 4.74 Å². The Morgan fingerprint density at radius 1 is 1.26 bits per heavy atom. The number of aromatic nitrogens is 3. The van der Waals surface area contributed by atoms with Crippen LogP contribution in [0.2, 0.25) is 0 Å². The van der Waals surface area contributed by atoms with Crippen LogP contribution in [-0.4, -0.2) is 47.8 Å². The number of carbonyl (C=O) groups is 1. The maximum Gasteiger partial charge on any atom is 0.305 e. The summed E-state index contributed by atoms with van der Waals surface area (Å²) in [7, 11) is -1.76. The third-order valence-corrected chi connectivity index (χ3v) is 7.65. The number of ether oxygens (including phenoxy) is 1. The van der Waals surface area contributed by atoms with E-state index in [2.05, 4.69) is 0 Å². The van der Waals surface area contributed by atoms with Gasteiger partial charge in [0.2, 0.25) is 0 Å². The van der Waals surface area contributed by atoms with Crippen LogP contribution in [0.5, 0.6) is 0 Å². The van der Waals surface area contributed by atoms with Gasteiger partial charge in [0.25, 0.3) is 0 Å². The Balaban J connectivity index is 1.91. The lowest BCUT2D eigenvalue weighted by molar-refractivity contribution is -0.140. The number of hydrogen-bond acceptors (Lipinski definition) is 6. The molecule has 9 heteroatoms. The molecule has 0 saturated carbocycles. The summed E-state index contributed by atoms with van der Waals surface area (Å²) in [5.41, 5.74) is 4.58. The number of fused-ring (bicyclic) bond motifs is 1. The summed E-state index contributed by atoms with van der Waals surface area (Å²) < 4.78 is 44.2. The number of methoxy groups -OCH3 is 1. The van der Waals surface area contributed by atoms with Gasteiger partial charge in [0.15, 0.2) is 15.5 Å². The Kier molecular flexibility index (Phi) is 5.55. The van der Waals surface area contributed by atoms with Crippen LogP contribution in [0.25, 0.3) is 22.3 Å². The Hall–Kier alpha value is -2.81. The fraction of sp³-hybridized carbons (Fsp3) is 0.409. The van der Waals surface area contributed by atoms with Crippen molar-refractivity contribution in [2.45, 2.75) is 39.2 Å². The molecule has 0 aliphatic carbocycles. The Labute approximate surface area is 180 Å². The molecule has 2 aromatic heterocycles. The number of esters is 1. The highest BCUT2D eigenvalue weighted by molar-refractivity contribution is 7.91. The zero-order valence-corrected chi connectivity index (χ0v) is 18.5. The summed E-state index contributed by atoms with van der Waals surface area (Å²) in [5.74, 6) is -0.500. The van der Waals surface area contributed by atoms with E-state index in [1.165, 1.54) is 19.2 Å². The van der Waals surface area contributed by atoms with E-state index in [0.29, 0.717) is 24.2 Å². The van der Waals surface area contributed by atoms with Crippen LogP contribution >= 0.6 is 0 Å². The summed E-state index contributed by atoms with van der Waals surface area (Å²) in [6, 6.07) is 5.75. The fourth-order valence-corrected chi connectivity index (χ4v) is 5.95. The molecule has 1 atom stereocenters. The summed E-state index contributed by atoms with van der Waals surface area (Å²) in [5, 5.41) is 5.56. The zero-order chi connectivity index (χ0) is 22.3. The smallest absolute Gasteiger partial charge is 0.305 e. The van der Waals surface area contributed by atoms with Crippen molar-refractivity contribution in [2.75, 3.05) is 18.6 Å². The van der Waals surface area contributed by atoms with Crippen LogP contribution in [0.15, 0.2) is 24.3 Å². The van der Waals surface area contributed by atoms with Crippen LogP contribution in [-0.2, 0) is 25.8 Å². The molecule has 1 fully saturated rings. The minimum atomic E-state index is -3.11. The molecule has 3 aromatic rings. The van der Waals surface area contributed by atoms with E-state index < -0.39 is 9.84 Å². The molecule has 0 spiro atoms. The van der Waals surface area contributed by atoms with Crippen LogP contribution in [0, 0.1) is 19.7 Å². The predicted molar refractivity (Wildman–Crippen MR) is 115 cm³/mol. The van der Waals surface area contributed by atoms with Gasteiger partial charge in [-0.1, -0.05) is 0 Å². The number of halogens is 1. The molecule has 164 valence electrons. The van der Waals surface area contributed by atoms with E-state index in [1.807, 2.05) is 13.8 Å². The van der Waals surface area contributed by atoms with Gasteiger partial charge in [-0.2, -0.15) is 5.10 Å². The van der Waals surface area contributed by atoms with Crippen LogP contribution < -0.4 is 0 Å². The maximum atomic E-state index is 13.5. The molecule has 3 heterocycles. The SMILES string of the molecule is COC(=O)CCc1c(C)nc2c(c(-c3ccc(F)cc3)nn2C2CCS(=O)(=O)C2)c1C. The highest BCUT2D eigenvalue weighted by atomic mass is 32.2. The number of hydrogen-bond donors (Lipinski definition) is 0. The average Bonchev–Trinajstić information content (AvgIpc) is 3.28. The minimum absolute atomic E-state index is 0.0243. The molecule has 1 unspecified atom stereocenters. The van der Waals surface area contributed by atoms with Gasteiger partial charge in [-0.05, 0) is 62.1 Å². The van der Waals surface area contributed by atoms with Gasteiger partial charge in [0, 0.05) is 17.7 Å². The second kappa shape index (κ2) is 8.03. The van der Waals surface area contributed by atoms with Crippen LogP contribution in [0.1, 0.15) is 35.7 Å². The molecule has 31 heavy (non-hydrogen) atoms. The predicted octanol–water partition coefficient (Wildman–Crippen LogP) is 3.32. The third kappa shape index (κ3) is 4.06. The van der Waals surface area contributed by atoms with Crippen molar-refractivity contribution < 1.29 is 22.3 Å². The molecular weight excluding hydrogens is 421 g/mol. The number of carbonyl (C=O) groups excluding carboxylic acids is 1. The van der Waals surface area contributed by atoms with Crippen molar-refractivity contribution in [3.63, 3.8) is 0 Å². The molecule has 1 aromatic carbocycles. The van der Waals surface area contributed by atoms with Crippen molar-refractivity contribution >= 4 is 26.8 Å². The molecule has 0 radical (unpaired) electrons. The van der Waals surface area contributed by atoms with Crippen molar-refractivity contribution in [3.05, 3.63) is 46.9 Å². The third-order valence-electron chi connectivity index (χ3n) is 5.90. The van der Waals surface area contributed by atoms with E-state index in [1.54, 1.807) is 16.8 Å². The topological polar surface area (TPSA) is 91.2 Å². The quantitative estimate of drug-likeness (QED) is 0.560. The van der Waals surface area contributed by atoms with Crippen molar-refractivity contribution in [1.29, 1.82) is 0 Å². The lowest BCUT2D eigenvalue weighted by Gasteiger charge is -2.13. The molecule has 7 nitrogen and oxygen atoms in total. The largest absolute Gasteiger partial charge is 0.469 e. The lowest BCUT2D eigenvalue weighted by Crippen LogP contribution is -2.13. The molecular formula is C22H24FN3O4S. The van der Waals surface area contributed by atoms with E-state index in [9.17, 15) is 17.6 Å². The first kappa shape index (κ1) is 21.4. The molecule has 0 bridgehead atoms. The van der Waals surface area contributed by atoms with Gasteiger partial charge >= 0.3 is 5.97 Å². The minimum Gasteiger partial charge on any atom is -0.469 e. The number of pyridine rings is 1. The molecule has 1 aliphatic rings. The van der Waals surface area contributed by atoms with Gasteiger partial charge in [-0.25, -0.2) is 22.5 Å². The van der Waals surface area contributed by atoms with E-state index >= 15 is 0 Å². The summed E-state index contributed by atoms with van der Waals surface area (Å²) in [6.45, 7) is 3.83. The first-order valence-corrected chi connectivity index (χ1v) is 11.9. The second-order valence-electron chi connectivity index (χ2n) is 7.93. The highest BCUT2D eigenvalue weighted by Crippen LogP contribution is 2.36. The van der Waals surface area contributed by atoms with Crippen molar-refractivity contribution in [2.24, 2.45) is 0 Å². The Morgan fingerprint density at radius 2 is 1.97 bits per heavy atom. The number of sulfone groups is 1. The van der Waals surface area contributed by atoms with E-state index in [0.717, 1.165) is 27.8 Å². The molecule has 1 saturated heterocycles. The summed E-state index contributed by atoms with van der Waals surface area (Å²) in [6.07, 6.45) is 1.18. The maximum absolute atomic E-state index is 13.5. The van der Waals surface area contributed by atoms with E-state index in [-0.39, 0.29) is 35.8 Å². The van der Waals surface area contributed by atoms with Gasteiger partial charge in [0.1, 0.15) is 11.5 Å². The fourth-order valence-electron chi connectivity index (χ4n) is 4.26. The number of rotatable bonds is 5. The first-order chi connectivity index (χ1) is 14.7. The summed E-state index contributed by atoms with van der Waals surface area (Å²) >= 11 is 0. The molecule has 1 aliphatic heterocycles. The molecule has 0 amide bonds. The van der Waals surface area contributed by atoms with Crippen molar-refractivity contribution in [1.82, 2.24) is 14.8 Å². The molecule has 0 N–H and O–H groups in total. The number of nitrogens with zero attached hydrogens (tertiary/aromatic N) is 3. The number of aryl methyl sites for hydroxylation is 2. The van der Waals surface area contributed by atoms with Gasteiger partial charge in [0.05, 0.1) is 30.0 Å². The number of benzene rings is 1. The van der Waals surface area contributed by atoms with Crippen LogP contribution in [0.4, 0.5) is 4.39 Å². The highest BCUT2D eigenvalue weighted by Gasteiger charge is 2.32. The van der Waals surface area contributed by atoms with Crippen molar-refractivity contribution in [3.8, 4) is 11.3 Å². The standard InChI is InChI=1S/C22H24FN3O4S/c1-13-18(8-9-19(27)30-3)14(2)24-22-20(13)21(15-4-6-16(23)7-5-15)25-26(22)17-10-11-31(28,29)12-17/h4-7,17H,8-12H2,1-3H3. The first-order valence-electron chi connectivity index (χ1n) is 10.1. The van der Waals surface area contributed by atoms with Gasteiger partial charge in [-0.15, -0.1) is 0 Å². The normalized spacial score (nSPS) is 17.9. The van der Waals surface area contributed by atoms with Crippen LogP contribution in [0.3, 0.4) is 0 Å². The van der Waals surface area contributed by atoms with Gasteiger partial charge in [-0.3, -0.25) is 4.79 Å². The Morgan fingerprint density at radius 3 is 2.58 bits per heavy atom. The lowest BCUT2D eigenvalue weighted by atomic mass is 9.97. The second-order valence-corrected chi connectivity index (χ2v) is 10.2.